The van der Waals surface area contributed by atoms with Gasteiger partial charge >= 0.3 is 0 Å². The van der Waals surface area contributed by atoms with E-state index in [9.17, 15) is 0 Å². The number of rotatable bonds is 7. The summed E-state index contributed by atoms with van der Waals surface area (Å²) < 4.78 is 2.51. The van der Waals surface area contributed by atoms with Gasteiger partial charge in [-0.05, 0) is 55.0 Å². The fourth-order valence-corrected chi connectivity index (χ4v) is 8.55. The van der Waals surface area contributed by atoms with Gasteiger partial charge < -0.3 is 0 Å². The summed E-state index contributed by atoms with van der Waals surface area (Å²) in [5, 5.41) is 2.51. The zero-order valence-corrected chi connectivity index (χ0v) is 30.7. The second kappa shape index (κ2) is 14.3. The molecule has 2 aliphatic carbocycles. The van der Waals surface area contributed by atoms with Crippen molar-refractivity contribution in [2.45, 2.75) is 25.7 Å². The number of thiophene rings is 1. The molecule has 0 saturated heterocycles. The number of allylic oxidation sites excluding steroid dienone is 8. The Morgan fingerprint density at radius 1 is 0.382 bits per heavy atom. The van der Waals surface area contributed by atoms with Crippen molar-refractivity contribution < 1.29 is 0 Å². The van der Waals surface area contributed by atoms with Crippen LogP contribution in [-0.2, 0) is 0 Å². The number of benzene rings is 5. The fraction of sp³-hybridized carbons (Fsp3) is 0.0833. The van der Waals surface area contributed by atoms with E-state index in [1.54, 1.807) is 0 Å². The highest BCUT2D eigenvalue weighted by atomic mass is 32.1. The Morgan fingerprint density at radius 2 is 0.927 bits per heavy atom. The number of fused-ring (bicyclic) bond motifs is 3. The van der Waals surface area contributed by atoms with Gasteiger partial charge in [0.1, 0.15) is 0 Å². The molecule has 0 saturated carbocycles. The predicted molar refractivity (Wildman–Crippen MR) is 226 cm³/mol. The highest BCUT2D eigenvalue weighted by molar-refractivity contribution is 7.26. The van der Waals surface area contributed by atoms with Gasteiger partial charge in [0.25, 0.3) is 0 Å². The maximum atomic E-state index is 5.23. The fourth-order valence-electron chi connectivity index (χ4n) is 7.31. The van der Waals surface area contributed by atoms with E-state index in [4.69, 9.17) is 29.9 Å². The molecule has 5 aromatic carbocycles. The Kier molecular flexibility index (Phi) is 8.54. The highest BCUT2D eigenvalue weighted by Gasteiger charge is 2.22. The highest BCUT2D eigenvalue weighted by Crippen LogP contribution is 2.42. The molecule has 0 amide bonds. The largest absolute Gasteiger partial charge is 0.208 e. The minimum absolute atomic E-state index is 0.559. The minimum Gasteiger partial charge on any atom is -0.208 e. The first-order valence-electron chi connectivity index (χ1n) is 18.7. The molecule has 3 aromatic heterocycles. The smallest absolute Gasteiger partial charge is 0.164 e. The van der Waals surface area contributed by atoms with Crippen LogP contribution >= 0.6 is 11.3 Å². The summed E-state index contributed by atoms with van der Waals surface area (Å²) in [6, 6.07) is 41.9. The van der Waals surface area contributed by atoms with Crippen molar-refractivity contribution in [3.05, 3.63) is 169 Å². The Balaban J connectivity index is 1.24. The van der Waals surface area contributed by atoms with Gasteiger partial charge in [0.05, 0.1) is 0 Å². The van der Waals surface area contributed by atoms with E-state index in [-0.39, 0.29) is 0 Å². The number of hydrogen-bond donors (Lipinski definition) is 0. The zero-order chi connectivity index (χ0) is 36.6. The Labute approximate surface area is 323 Å². The lowest BCUT2D eigenvalue weighted by Gasteiger charge is -2.15. The number of nitrogens with zero attached hydrogens (tertiary/aromatic N) is 6. The molecule has 2 aliphatic rings. The summed E-state index contributed by atoms with van der Waals surface area (Å²) >= 11 is 1.82. The summed E-state index contributed by atoms with van der Waals surface area (Å²) in [6.07, 6.45) is 16.9. The van der Waals surface area contributed by atoms with E-state index >= 15 is 0 Å². The molecule has 0 radical (unpaired) electrons. The van der Waals surface area contributed by atoms with Crippen LogP contribution in [0.4, 0.5) is 0 Å². The van der Waals surface area contributed by atoms with E-state index < -0.39 is 0 Å². The summed E-state index contributed by atoms with van der Waals surface area (Å²) in [7, 11) is 0. The number of hydrogen-bond acceptors (Lipinski definition) is 7. The first kappa shape index (κ1) is 32.9. The average molecular weight is 727 g/mol. The third kappa shape index (κ3) is 6.38. The van der Waals surface area contributed by atoms with Crippen LogP contribution in [0.2, 0.25) is 0 Å². The zero-order valence-electron chi connectivity index (χ0n) is 29.9. The first-order chi connectivity index (χ1) is 27.2. The Bertz CT molecular complexity index is 2870. The van der Waals surface area contributed by atoms with Crippen LogP contribution in [0.3, 0.4) is 0 Å². The van der Waals surface area contributed by atoms with Crippen molar-refractivity contribution >= 4 is 42.7 Å². The van der Waals surface area contributed by atoms with Gasteiger partial charge in [-0.25, -0.2) is 29.9 Å². The molecule has 8 aromatic rings. The van der Waals surface area contributed by atoms with Crippen molar-refractivity contribution in [3.63, 3.8) is 0 Å². The average Bonchev–Trinajstić information content (AvgIpc) is 3.66. The van der Waals surface area contributed by atoms with E-state index in [1.165, 1.54) is 20.2 Å². The first-order valence-corrected chi connectivity index (χ1v) is 19.5. The third-order valence-corrected chi connectivity index (χ3v) is 11.3. The van der Waals surface area contributed by atoms with E-state index in [0.717, 1.165) is 70.2 Å². The molecule has 0 aliphatic heterocycles. The van der Waals surface area contributed by atoms with Crippen LogP contribution < -0.4 is 0 Å². The molecular weight excluding hydrogens is 693 g/mol. The van der Waals surface area contributed by atoms with E-state index in [1.807, 2.05) is 72.0 Å². The molecule has 0 unspecified atom stereocenters. The molecule has 3 heterocycles. The van der Waals surface area contributed by atoms with E-state index in [0.29, 0.717) is 34.9 Å². The van der Waals surface area contributed by atoms with Crippen molar-refractivity contribution in [2.75, 3.05) is 0 Å². The van der Waals surface area contributed by atoms with Gasteiger partial charge in [0.15, 0.2) is 34.9 Å². The second-order valence-corrected chi connectivity index (χ2v) is 14.7. The molecule has 0 atom stereocenters. The van der Waals surface area contributed by atoms with Crippen molar-refractivity contribution in [1.82, 2.24) is 29.9 Å². The van der Waals surface area contributed by atoms with Crippen LogP contribution in [0, 0.1) is 0 Å². The lowest BCUT2D eigenvalue weighted by molar-refractivity contribution is 0.999. The maximum Gasteiger partial charge on any atom is 0.164 e. The second-order valence-electron chi connectivity index (χ2n) is 13.7. The van der Waals surface area contributed by atoms with E-state index in [2.05, 4.69) is 97.1 Å². The normalized spacial score (nSPS) is 14.0. The molecule has 55 heavy (non-hydrogen) atoms. The van der Waals surface area contributed by atoms with Crippen molar-refractivity contribution in [3.8, 4) is 56.7 Å². The van der Waals surface area contributed by atoms with Gasteiger partial charge in [0, 0.05) is 53.6 Å². The molecule has 262 valence electrons. The van der Waals surface area contributed by atoms with Crippen LogP contribution in [0.1, 0.15) is 37.3 Å². The van der Waals surface area contributed by atoms with Crippen molar-refractivity contribution in [1.29, 1.82) is 0 Å². The quantitative estimate of drug-likeness (QED) is 0.163. The topological polar surface area (TPSA) is 77.3 Å². The summed E-state index contributed by atoms with van der Waals surface area (Å²) in [5.41, 5.74) is 7.68. The number of aromatic nitrogens is 6. The van der Waals surface area contributed by atoms with Gasteiger partial charge in [-0.2, -0.15) is 0 Å². The molecule has 0 N–H and O–H groups in total. The summed E-state index contributed by atoms with van der Waals surface area (Å²) in [6.45, 7) is 0. The Hall–Kier alpha value is -6.70. The molecular formula is C48H34N6S. The van der Waals surface area contributed by atoms with Gasteiger partial charge in [-0.1, -0.05) is 140 Å². The monoisotopic (exact) mass is 726 g/mol. The molecule has 10 rings (SSSR count). The van der Waals surface area contributed by atoms with Gasteiger partial charge in [-0.15, -0.1) is 11.3 Å². The van der Waals surface area contributed by atoms with Gasteiger partial charge in [-0.3, -0.25) is 0 Å². The third-order valence-electron chi connectivity index (χ3n) is 10.1. The minimum atomic E-state index is 0.559. The predicted octanol–water partition coefficient (Wildman–Crippen LogP) is 12.2. The van der Waals surface area contributed by atoms with Crippen LogP contribution in [0.15, 0.2) is 158 Å². The molecule has 7 heteroatoms. The summed E-state index contributed by atoms with van der Waals surface area (Å²) in [5.74, 6) is 3.63. The van der Waals surface area contributed by atoms with Crippen LogP contribution in [0.5, 0.6) is 0 Å². The SMILES string of the molecule is C1=CC(c2nc(-c3ccccc3)nc(-c3ccc(-c4cccc5c4sc4ccccc45)cc3-c3nc(C4=CCCC=C4)nc(-c4ccccc4)n3)n2)=CCC1. The molecule has 0 fully saturated rings. The van der Waals surface area contributed by atoms with Crippen LogP contribution in [-0.4, -0.2) is 29.9 Å². The standard InChI is InChI=1S/C48H34N6S/c1-5-16-31(17-6-1)43-49-44(32-18-7-2-8-19-32)52-47(51-43)39-29-28-35(36-25-15-26-38-37-24-13-14-27-41(37)55-42(36)38)30-40(39)48-53-45(33-20-9-3-10-21-33)50-46(54-48)34-22-11-4-12-23-34/h1,3,5-7,9-11,13-30H,2,4,8,12H2. The maximum absolute atomic E-state index is 5.23. The Morgan fingerprint density at radius 3 is 1.55 bits per heavy atom. The van der Waals surface area contributed by atoms with Crippen molar-refractivity contribution in [2.24, 2.45) is 0 Å². The summed E-state index contributed by atoms with van der Waals surface area (Å²) in [4.78, 5) is 30.8. The van der Waals surface area contributed by atoms with Gasteiger partial charge in [0.2, 0.25) is 0 Å². The molecule has 0 spiro atoms. The lowest BCUT2D eigenvalue weighted by Crippen LogP contribution is -2.06. The molecule has 0 bridgehead atoms. The molecule has 6 nitrogen and oxygen atoms in total. The van der Waals surface area contributed by atoms with Crippen LogP contribution in [0.25, 0.3) is 88.0 Å². The lowest BCUT2D eigenvalue weighted by atomic mass is 9.96.